The van der Waals surface area contributed by atoms with Crippen molar-refractivity contribution < 1.29 is 19.1 Å². The maximum absolute atomic E-state index is 13.1. The fourth-order valence-electron chi connectivity index (χ4n) is 3.75. The highest BCUT2D eigenvalue weighted by molar-refractivity contribution is 5.98. The molecule has 1 aromatic heterocycles. The Bertz CT molecular complexity index is 952. The van der Waals surface area contributed by atoms with Crippen LogP contribution in [-0.2, 0) is 0 Å². The molecule has 0 aliphatic carbocycles. The van der Waals surface area contributed by atoms with E-state index in [0.29, 0.717) is 18.5 Å². The van der Waals surface area contributed by atoms with Gasteiger partial charge in [0.05, 0.1) is 24.1 Å². The molecule has 1 aromatic carbocycles. The van der Waals surface area contributed by atoms with E-state index >= 15 is 0 Å². The number of likely N-dealkylation sites (tertiary alicyclic amines) is 1. The van der Waals surface area contributed by atoms with E-state index in [-0.39, 0.29) is 17.9 Å². The highest BCUT2D eigenvalue weighted by Crippen LogP contribution is 2.35. The smallest absolute Gasteiger partial charge is 0.407 e. The number of nitrogens with zero attached hydrogens (tertiary/aromatic N) is 4. The molecule has 0 spiro atoms. The first-order valence-electron chi connectivity index (χ1n) is 9.16. The van der Waals surface area contributed by atoms with Crippen LogP contribution in [0, 0.1) is 23.1 Å². The Labute approximate surface area is 166 Å². The van der Waals surface area contributed by atoms with Gasteiger partial charge in [-0.3, -0.25) is 9.48 Å². The minimum atomic E-state index is -1.06. The Morgan fingerprint density at radius 2 is 2.10 bits per heavy atom. The summed E-state index contributed by atoms with van der Waals surface area (Å²) in [5.74, 6) is -1.55. The number of amides is 2. The number of carbonyl (C=O) groups is 2. The van der Waals surface area contributed by atoms with Gasteiger partial charge in [-0.1, -0.05) is 6.92 Å². The predicted molar refractivity (Wildman–Crippen MR) is 102 cm³/mol. The van der Waals surface area contributed by atoms with Crippen LogP contribution in [0.25, 0.3) is 0 Å². The van der Waals surface area contributed by atoms with Crippen LogP contribution in [0.3, 0.4) is 0 Å². The first-order chi connectivity index (χ1) is 13.8. The van der Waals surface area contributed by atoms with Crippen LogP contribution in [0.2, 0.25) is 0 Å². The molecule has 2 amide bonds. The molecule has 1 unspecified atom stereocenters. The first kappa shape index (κ1) is 20.1. The highest BCUT2D eigenvalue weighted by atomic mass is 19.1. The lowest BCUT2D eigenvalue weighted by Crippen LogP contribution is -2.51. The molecule has 1 aliphatic heterocycles. The molecule has 1 fully saturated rings. The van der Waals surface area contributed by atoms with Gasteiger partial charge in [0, 0.05) is 18.4 Å². The average Bonchev–Trinajstić information content (AvgIpc) is 3.12. The Morgan fingerprint density at radius 3 is 2.66 bits per heavy atom. The monoisotopic (exact) mass is 400 g/mol. The number of halogens is 1. The van der Waals surface area contributed by atoms with Gasteiger partial charge in [-0.05, 0) is 37.1 Å². The lowest BCUT2D eigenvalue weighted by Gasteiger charge is -2.40. The van der Waals surface area contributed by atoms with Crippen LogP contribution in [0.1, 0.15) is 36.2 Å². The second-order valence-electron chi connectivity index (χ2n) is 6.83. The lowest BCUT2D eigenvalue weighted by molar-refractivity contribution is 0.0653. The zero-order valence-electron chi connectivity index (χ0n) is 15.7. The predicted octanol–water partition coefficient (Wildman–Crippen LogP) is 2.71. The number of anilines is 2. The molecule has 1 aliphatic rings. The second kappa shape index (κ2) is 8.18. The van der Waals surface area contributed by atoms with Crippen LogP contribution >= 0.6 is 0 Å². The van der Waals surface area contributed by atoms with E-state index in [9.17, 15) is 24.3 Å². The molecule has 3 atom stereocenters. The number of hydrogen-bond donors (Lipinski definition) is 3. The average molecular weight is 400 g/mol. The maximum Gasteiger partial charge on any atom is 0.407 e. The van der Waals surface area contributed by atoms with Crippen molar-refractivity contribution in [2.45, 2.75) is 31.8 Å². The number of piperidine rings is 1. The van der Waals surface area contributed by atoms with Crippen LogP contribution in [-0.4, -0.2) is 44.4 Å². The molecule has 0 saturated carbocycles. The molecule has 10 heteroatoms. The molecule has 29 heavy (non-hydrogen) atoms. The minimum Gasteiger partial charge on any atom is -0.465 e. The molecule has 9 nitrogen and oxygen atoms in total. The number of benzene rings is 1. The fraction of sp³-hybridized carbons (Fsp3) is 0.368. The van der Waals surface area contributed by atoms with Gasteiger partial charge in [0.2, 0.25) is 0 Å². The van der Waals surface area contributed by atoms with Crippen molar-refractivity contribution in [1.29, 1.82) is 5.26 Å². The van der Waals surface area contributed by atoms with Crippen molar-refractivity contribution in [1.82, 2.24) is 14.7 Å². The van der Waals surface area contributed by atoms with Gasteiger partial charge in [-0.25, -0.2) is 9.18 Å². The van der Waals surface area contributed by atoms with Crippen molar-refractivity contribution in [2.24, 2.45) is 11.7 Å². The van der Waals surface area contributed by atoms with Gasteiger partial charge in [-0.2, -0.15) is 10.4 Å². The van der Waals surface area contributed by atoms with Gasteiger partial charge < -0.3 is 21.1 Å². The number of hydrogen-bond acceptors (Lipinski definition) is 5. The standard InChI is InChI=1S/C19H21FN6O3/c1-2-15-13(9-21)16(7-8-25(15)19(28)29)26-10-14(17(22)27)18(24-26)23-12-5-3-11(20)4-6-12/h3-6,10,13,15-16H,2,7-8H2,1H3,(H2,22,27)(H,23,24)(H,28,29)/t13-,15?,16+/m0/s1. The SMILES string of the molecule is CCC1[C@H](C#N)[C@H](n2cc(C(N)=O)c(Nc3ccc(F)cc3)n2)CCN1C(=O)O. The van der Waals surface area contributed by atoms with Crippen molar-refractivity contribution >= 4 is 23.5 Å². The Morgan fingerprint density at radius 1 is 1.41 bits per heavy atom. The molecule has 3 rings (SSSR count). The molecular weight excluding hydrogens is 379 g/mol. The summed E-state index contributed by atoms with van der Waals surface area (Å²) in [7, 11) is 0. The van der Waals surface area contributed by atoms with E-state index in [1.807, 2.05) is 6.92 Å². The molecule has 4 N–H and O–H groups in total. The van der Waals surface area contributed by atoms with E-state index in [1.165, 1.54) is 40.0 Å². The summed E-state index contributed by atoms with van der Waals surface area (Å²) >= 11 is 0. The number of nitrogens with two attached hydrogens (primary N) is 1. The summed E-state index contributed by atoms with van der Waals surface area (Å²) < 4.78 is 14.6. The van der Waals surface area contributed by atoms with Crippen LogP contribution in [0.15, 0.2) is 30.5 Å². The summed E-state index contributed by atoms with van der Waals surface area (Å²) in [6, 6.07) is 6.84. The zero-order chi connectivity index (χ0) is 21.1. The van der Waals surface area contributed by atoms with Crippen molar-refractivity contribution in [3.63, 3.8) is 0 Å². The third kappa shape index (κ3) is 3.99. The third-order valence-electron chi connectivity index (χ3n) is 5.15. The van der Waals surface area contributed by atoms with Gasteiger partial charge in [0.15, 0.2) is 5.82 Å². The van der Waals surface area contributed by atoms with Crippen molar-refractivity contribution in [2.75, 3.05) is 11.9 Å². The number of carboxylic acid groups (broad SMARTS) is 1. The number of carbonyl (C=O) groups excluding carboxylic acids is 1. The summed E-state index contributed by atoms with van der Waals surface area (Å²) in [5, 5.41) is 26.5. The van der Waals surface area contributed by atoms with E-state index in [2.05, 4.69) is 16.5 Å². The molecule has 1 saturated heterocycles. The number of rotatable bonds is 5. The maximum atomic E-state index is 13.1. The highest BCUT2D eigenvalue weighted by Gasteiger charge is 2.41. The largest absolute Gasteiger partial charge is 0.465 e. The Kier molecular flexibility index (Phi) is 5.68. The second-order valence-corrected chi connectivity index (χ2v) is 6.83. The van der Waals surface area contributed by atoms with E-state index in [0.717, 1.165) is 0 Å². The van der Waals surface area contributed by atoms with Crippen LogP contribution < -0.4 is 11.1 Å². The summed E-state index contributed by atoms with van der Waals surface area (Å²) in [6.45, 7) is 2.08. The van der Waals surface area contributed by atoms with E-state index in [1.54, 1.807) is 0 Å². The number of nitrogens with one attached hydrogen (secondary N) is 1. The molecule has 2 heterocycles. The van der Waals surface area contributed by atoms with Crippen LogP contribution in [0.5, 0.6) is 0 Å². The molecule has 2 aromatic rings. The number of primary amides is 1. The van der Waals surface area contributed by atoms with Gasteiger partial charge in [0.1, 0.15) is 11.4 Å². The van der Waals surface area contributed by atoms with Gasteiger partial charge in [-0.15, -0.1) is 0 Å². The lowest BCUT2D eigenvalue weighted by atomic mass is 9.84. The Balaban J connectivity index is 1.94. The van der Waals surface area contributed by atoms with Crippen LogP contribution in [0.4, 0.5) is 20.7 Å². The van der Waals surface area contributed by atoms with E-state index in [4.69, 9.17) is 5.73 Å². The molecule has 0 bridgehead atoms. The fourth-order valence-corrected chi connectivity index (χ4v) is 3.75. The van der Waals surface area contributed by atoms with Crippen molar-refractivity contribution in [3.05, 3.63) is 41.8 Å². The summed E-state index contributed by atoms with van der Waals surface area (Å²) in [5.41, 5.74) is 6.12. The minimum absolute atomic E-state index is 0.125. The molecular formula is C19H21FN6O3. The Hall–Kier alpha value is -3.61. The normalized spacial score (nSPS) is 21.4. The van der Waals surface area contributed by atoms with Crippen molar-refractivity contribution in [3.8, 4) is 6.07 Å². The quantitative estimate of drug-likeness (QED) is 0.706. The topological polar surface area (TPSA) is 137 Å². The van der Waals surface area contributed by atoms with Gasteiger partial charge in [0.25, 0.3) is 5.91 Å². The molecule has 152 valence electrons. The van der Waals surface area contributed by atoms with E-state index < -0.39 is 35.8 Å². The number of nitriles is 1. The summed E-state index contributed by atoms with van der Waals surface area (Å²) in [4.78, 5) is 24.7. The first-order valence-corrected chi connectivity index (χ1v) is 9.16. The summed E-state index contributed by atoms with van der Waals surface area (Å²) in [6.07, 6.45) is 1.25. The van der Waals surface area contributed by atoms with Gasteiger partial charge >= 0.3 is 6.09 Å². The molecule has 0 radical (unpaired) electrons. The third-order valence-corrected chi connectivity index (χ3v) is 5.15. The zero-order valence-corrected chi connectivity index (χ0v) is 15.7. The number of aromatic nitrogens is 2.